The van der Waals surface area contributed by atoms with Gasteiger partial charge >= 0.3 is 0 Å². The number of hydrogen-bond acceptors (Lipinski definition) is 4. The van der Waals surface area contributed by atoms with Crippen LogP contribution in [0.15, 0.2) is 18.5 Å². The monoisotopic (exact) mass is 179 g/mol. The Labute approximate surface area is 77.6 Å². The Bertz CT molecular complexity index is 259. The lowest BCUT2D eigenvalue weighted by atomic mass is 10.2. The summed E-state index contributed by atoms with van der Waals surface area (Å²) >= 11 is 0. The van der Waals surface area contributed by atoms with E-state index in [-0.39, 0.29) is 0 Å². The molecule has 1 atom stereocenters. The Morgan fingerprint density at radius 2 is 2.23 bits per heavy atom. The van der Waals surface area contributed by atoms with Crippen LogP contribution in [-0.4, -0.2) is 36.3 Å². The standard InChI is InChI=1S/C9H13N3O/c1-12(8-3-6-13-7-8)9-10-4-2-5-11-9/h2,4-5,8H,3,6-7H2,1H3. The Morgan fingerprint density at radius 1 is 1.46 bits per heavy atom. The number of aromatic nitrogens is 2. The fraction of sp³-hybridized carbons (Fsp3) is 0.556. The molecule has 1 fully saturated rings. The highest BCUT2D eigenvalue weighted by Gasteiger charge is 2.21. The van der Waals surface area contributed by atoms with Crippen LogP contribution in [0.2, 0.25) is 0 Å². The first-order chi connectivity index (χ1) is 6.38. The Morgan fingerprint density at radius 3 is 2.85 bits per heavy atom. The molecule has 4 nitrogen and oxygen atoms in total. The zero-order valence-corrected chi connectivity index (χ0v) is 7.68. The molecule has 0 saturated carbocycles. The summed E-state index contributed by atoms with van der Waals surface area (Å²) in [6, 6.07) is 2.25. The van der Waals surface area contributed by atoms with Gasteiger partial charge < -0.3 is 9.64 Å². The maximum atomic E-state index is 5.30. The molecule has 0 aliphatic carbocycles. The minimum absolute atomic E-state index is 0.433. The molecular formula is C9H13N3O. The van der Waals surface area contributed by atoms with Gasteiger partial charge in [0.2, 0.25) is 5.95 Å². The number of anilines is 1. The van der Waals surface area contributed by atoms with Gasteiger partial charge in [0.25, 0.3) is 0 Å². The lowest BCUT2D eigenvalue weighted by Gasteiger charge is -2.22. The highest BCUT2D eigenvalue weighted by molar-refractivity contribution is 5.28. The molecule has 1 aliphatic heterocycles. The van der Waals surface area contributed by atoms with E-state index in [0.717, 1.165) is 25.6 Å². The lowest BCUT2D eigenvalue weighted by Crippen LogP contribution is -2.33. The Kier molecular flexibility index (Phi) is 2.40. The zero-order chi connectivity index (χ0) is 9.10. The number of nitrogens with zero attached hydrogens (tertiary/aromatic N) is 3. The largest absolute Gasteiger partial charge is 0.379 e. The summed E-state index contributed by atoms with van der Waals surface area (Å²) in [5.41, 5.74) is 0. The molecule has 1 saturated heterocycles. The number of likely N-dealkylation sites (N-methyl/N-ethyl adjacent to an activating group) is 1. The second-order valence-electron chi connectivity index (χ2n) is 3.18. The second-order valence-corrected chi connectivity index (χ2v) is 3.18. The van der Waals surface area contributed by atoms with Crippen LogP contribution in [0, 0.1) is 0 Å². The van der Waals surface area contributed by atoms with Gasteiger partial charge in [-0.25, -0.2) is 9.97 Å². The SMILES string of the molecule is CN(c1ncccn1)C1CCOC1. The first-order valence-electron chi connectivity index (χ1n) is 4.45. The van der Waals surface area contributed by atoms with E-state index in [0.29, 0.717) is 6.04 Å². The topological polar surface area (TPSA) is 38.2 Å². The number of hydrogen-bond donors (Lipinski definition) is 0. The Hall–Kier alpha value is -1.16. The van der Waals surface area contributed by atoms with Crippen molar-refractivity contribution in [3.63, 3.8) is 0 Å². The average Bonchev–Trinajstić information content (AvgIpc) is 2.71. The van der Waals surface area contributed by atoms with Gasteiger partial charge in [-0.1, -0.05) is 0 Å². The van der Waals surface area contributed by atoms with E-state index in [9.17, 15) is 0 Å². The molecule has 0 bridgehead atoms. The minimum Gasteiger partial charge on any atom is -0.379 e. The molecule has 0 aromatic carbocycles. The summed E-state index contributed by atoms with van der Waals surface area (Å²) in [6.45, 7) is 1.64. The molecule has 2 rings (SSSR count). The normalized spacial score (nSPS) is 21.8. The van der Waals surface area contributed by atoms with Crippen molar-refractivity contribution >= 4 is 5.95 Å². The average molecular weight is 179 g/mol. The van der Waals surface area contributed by atoms with Crippen LogP contribution in [0.25, 0.3) is 0 Å². The highest BCUT2D eigenvalue weighted by atomic mass is 16.5. The molecule has 0 amide bonds. The third-order valence-electron chi connectivity index (χ3n) is 2.32. The molecule has 0 radical (unpaired) electrons. The first-order valence-corrected chi connectivity index (χ1v) is 4.45. The van der Waals surface area contributed by atoms with Crippen LogP contribution < -0.4 is 4.90 Å². The first kappa shape index (κ1) is 8.44. The van der Waals surface area contributed by atoms with Crippen molar-refractivity contribution < 1.29 is 4.74 Å². The predicted molar refractivity (Wildman–Crippen MR) is 49.7 cm³/mol. The van der Waals surface area contributed by atoms with Gasteiger partial charge in [-0.3, -0.25) is 0 Å². The van der Waals surface area contributed by atoms with Crippen LogP contribution in [0.1, 0.15) is 6.42 Å². The molecule has 4 heteroatoms. The van der Waals surface area contributed by atoms with Gasteiger partial charge in [0.05, 0.1) is 12.6 Å². The van der Waals surface area contributed by atoms with Gasteiger partial charge in [0.1, 0.15) is 0 Å². The predicted octanol–water partition coefficient (Wildman–Crippen LogP) is 0.702. The van der Waals surface area contributed by atoms with Gasteiger partial charge in [0, 0.05) is 26.0 Å². The van der Waals surface area contributed by atoms with E-state index < -0.39 is 0 Å². The van der Waals surface area contributed by atoms with Crippen molar-refractivity contribution in [3.05, 3.63) is 18.5 Å². The molecule has 2 heterocycles. The molecule has 70 valence electrons. The number of rotatable bonds is 2. The summed E-state index contributed by atoms with van der Waals surface area (Å²) in [7, 11) is 2.01. The van der Waals surface area contributed by atoms with Gasteiger partial charge in [-0.15, -0.1) is 0 Å². The highest BCUT2D eigenvalue weighted by Crippen LogP contribution is 2.14. The molecular weight excluding hydrogens is 166 g/mol. The summed E-state index contributed by atoms with van der Waals surface area (Å²) in [5, 5.41) is 0. The van der Waals surface area contributed by atoms with Crippen molar-refractivity contribution in [1.29, 1.82) is 0 Å². The van der Waals surface area contributed by atoms with Crippen molar-refractivity contribution in [2.24, 2.45) is 0 Å². The summed E-state index contributed by atoms with van der Waals surface area (Å²) < 4.78 is 5.30. The van der Waals surface area contributed by atoms with Crippen LogP contribution in [0.3, 0.4) is 0 Å². The summed E-state index contributed by atoms with van der Waals surface area (Å²) in [5.74, 6) is 0.776. The van der Waals surface area contributed by atoms with Crippen molar-refractivity contribution in [2.45, 2.75) is 12.5 Å². The van der Waals surface area contributed by atoms with Gasteiger partial charge in [0.15, 0.2) is 0 Å². The van der Waals surface area contributed by atoms with E-state index >= 15 is 0 Å². The maximum Gasteiger partial charge on any atom is 0.225 e. The molecule has 1 aromatic heterocycles. The molecule has 1 aromatic rings. The van der Waals surface area contributed by atoms with Gasteiger partial charge in [-0.05, 0) is 12.5 Å². The molecule has 0 spiro atoms. The number of ether oxygens (including phenoxy) is 1. The lowest BCUT2D eigenvalue weighted by molar-refractivity contribution is 0.193. The minimum atomic E-state index is 0.433. The maximum absolute atomic E-state index is 5.30. The van der Waals surface area contributed by atoms with E-state index in [1.165, 1.54) is 0 Å². The fourth-order valence-electron chi connectivity index (χ4n) is 1.46. The second kappa shape index (κ2) is 3.70. The van der Waals surface area contributed by atoms with E-state index in [1.54, 1.807) is 12.4 Å². The quantitative estimate of drug-likeness (QED) is 0.670. The third-order valence-corrected chi connectivity index (χ3v) is 2.32. The van der Waals surface area contributed by atoms with Crippen molar-refractivity contribution in [3.8, 4) is 0 Å². The van der Waals surface area contributed by atoms with E-state index in [1.807, 2.05) is 13.1 Å². The molecule has 1 aliphatic rings. The van der Waals surface area contributed by atoms with Crippen LogP contribution >= 0.6 is 0 Å². The van der Waals surface area contributed by atoms with E-state index in [2.05, 4.69) is 14.9 Å². The van der Waals surface area contributed by atoms with Crippen LogP contribution in [0.5, 0.6) is 0 Å². The van der Waals surface area contributed by atoms with Crippen molar-refractivity contribution in [1.82, 2.24) is 9.97 Å². The smallest absolute Gasteiger partial charge is 0.225 e. The van der Waals surface area contributed by atoms with Crippen molar-refractivity contribution in [2.75, 3.05) is 25.2 Å². The Balaban J connectivity index is 2.08. The fourth-order valence-corrected chi connectivity index (χ4v) is 1.46. The van der Waals surface area contributed by atoms with Crippen LogP contribution in [-0.2, 0) is 4.74 Å². The third kappa shape index (κ3) is 1.78. The molecule has 0 N–H and O–H groups in total. The van der Waals surface area contributed by atoms with Gasteiger partial charge in [-0.2, -0.15) is 0 Å². The summed E-state index contributed by atoms with van der Waals surface area (Å²) in [4.78, 5) is 10.4. The van der Waals surface area contributed by atoms with Crippen LogP contribution in [0.4, 0.5) is 5.95 Å². The molecule has 13 heavy (non-hydrogen) atoms. The zero-order valence-electron chi connectivity index (χ0n) is 7.68. The molecule has 1 unspecified atom stereocenters. The summed E-state index contributed by atoms with van der Waals surface area (Å²) in [6.07, 6.45) is 4.58. The van der Waals surface area contributed by atoms with E-state index in [4.69, 9.17) is 4.74 Å².